The molecule has 0 saturated carbocycles. The SMILES string of the molecule is COc1ccc(CCNC(=O)c2cc(-c3ccc(C)o3)nn2-c2cccc([N+](=O)[O-])c2)cc1OC. The lowest BCUT2D eigenvalue weighted by atomic mass is 10.1. The van der Waals surface area contributed by atoms with Crippen molar-refractivity contribution >= 4 is 11.6 Å². The second-order valence-electron chi connectivity index (χ2n) is 7.71. The molecule has 0 spiro atoms. The van der Waals surface area contributed by atoms with Crippen molar-refractivity contribution in [3.8, 4) is 28.6 Å². The minimum Gasteiger partial charge on any atom is -0.493 e. The molecule has 180 valence electrons. The average molecular weight is 476 g/mol. The van der Waals surface area contributed by atoms with Gasteiger partial charge < -0.3 is 19.2 Å². The summed E-state index contributed by atoms with van der Waals surface area (Å²) in [6.45, 7) is 2.16. The highest BCUT2D eigenvalue weighted by atomic mass is 16.6. The van der Waals surface area contributed by atoms with E-state index < -0.39 is 4.92 Å². The third-order valence-electron chi connectivity index (χ3n) is 5.37. The van der Waals surface area contributed by atoms with Crippen molar-refractivity contribution in [2.45, 2.75) is 13.3 Å². The number of methoxy groups -OCH3 is 2. The number of aryl methyl sites for hydroxylation is 1. The molecule has 0 bridgehead atoms. The number of ether oxygens (including phenoxy) is 2. The van der Waals surface area contributed by atoms with E-state index in [0.29, 0.717) is 47.4 Å². The molecule has 2 aromatic heterocycles. The van der Waals surface area contributed by atoms with E-state index in [2.05, 4.69) is 10.4 Å². The van der Waals surface area contributed by atoms with E-state index in [4.69, 9.17) is 13.9 Å². The third kappa shape index (κ3) is 5.16. The number of carbonyl (C=O) groups is 1. The summed E-state index contributed by atoms with van der Waals surface area (Å²) in [6.07, 6.45) is 0.557. The predicted molar refractivity (Wildman–Crippen MR) is 128 cm³/mol. The number of hydrogen-bond donors (Lipinski definition) is 1. The van der Waals surface area contributed by atoms with E-state index in [0.717, 1.165) is 5.56 Å². The second-order valence-corrected chi connectivity index (χ2v) is 7.71. The normalized spacial score (nSPS) is 10.7. The molecule has 2 aromatic carbocycles. The van der Waals surface area contributed by atoms with E-state index in [-0.39, 0.29) is 17.3 Å². The zero-order chi connectivity index (χ0) is 24.9. The predicted octanol–water partition coefficient (Wildman–Crippen LogP) is 4.34. The molecule has 0 saturated heterocycles. The Kier molecular flexibility index (Phi) is 6.81. The van der Waals surface area contributed by atoms with Gasteiger partial charge >= 0.3 is 0 Å². The summed E-state index contributed by atoms with van der Waals surface area (Å²) < 4.78 is 17.6. The maximum atomic E-state index is 13.1. The molecular formula is C25H24N4O6. The zero-order valence-corrected chi connectivity index (χ0v) is 19.5. The monoisotopic (exact) mass is 476 g/mol. The molecular weight excluding hydrogens is 452 g/mol. The van der Waals surface area contributed by atoms with Crippen molar-refractivity contribution in [3.63, 3.8) is 0 Å². The van der Waals surface area contributed by atoms with E-state index >= 15 is 0 Å². The fraction of sp³-hybridized carbons (Fsp3) is 0.200. The Hall–Kier alpha value is -4.60. The Morgan fingerprint density at radius 3 is 2.57 bits per heavy atom. The number of nitrogens with zero attached hydrogens (tertiary/aromatic N) is 3. The summed E-state index contributed by atoms with van der Waals surface area (Å²) >= 11 is 0. The van der Waals surface area contributed by atoms with Gasteiger partial charge in [0.1, 0.15) is 17.1 Å². The van der Waals surface area contributed by atoms with Gasteiger partial charge in [-0.05, 0) is 49.2 Å². The first-order valence-electron chi connectivity index (χ1n) is 10.8. The van der Waals surface area contributed by atoms with Crippen LogP contribution in [0.4, 0.5) is 5.69 Å². The van der Waals surface area contributed by atoms with Gasteiger partial charge in [-0.2, -0.15) is 5.10 Å². The van der Waals surface area contributed by atoms with Crippen LogP contribution in [0.25, 0.3) is 17.1 Å². The topological polar surface area (TPSA) is 122 Å². The van der Waals surface area contributed by atoms with Crippen LogP contribution < -0.4 is 14.8 Å². The maximum absolute atomic E-state index is 13.1. The summed E-state index contributed by atoms with van der Waals surface area (Å²) in [5, 5.41) is 18.7. The van der Waals surface area contributed by atoms with E-state index in [1.165, 1.54) is 16.8 Å². The fourth-order valence-corrected chi connectivity index (χ4v) is 3.62. The van der Waals surface area contributed by atoms with E-state index in [9.17, 15) is 14.9 Å². The molecule has 0 aliphatic rings. The summed E-state index contributed by atoms with van der Waals surface area (Å²) in [6, 6.07) is 16.7. The Balaban J connectivity index is 1.59. The quantitative estimate of drug-likeness (QED) is 0.282. The molecule has 2 heterocycles. The minimum atomic E-state index is -0.493. The van der Waals surface area contributed by atoms with Gasteiger partial charge in [0.15, 0.2) is 17.3 Å². The largest absolute Gasteiger partial charge is 0.493 e. The van der Waals surface area contributed by atoms with Crippen molar-refractivity contribution in [1.82, 2.24) is 15.1 Å². The van der Waals surface area contributed by atoms with Crippen LogP contribution in [-0.2, 0) is 6.42 Å². The number of rotatable bonds is 9. The highest BCUT2D eigenvalue weighted by Crippen LogP contribution is 2.28. The van der Waals surface area contributed by atoms with Crippen LogP contribution in [0.15, 0.2) is 65.1 Å². The number of amides is 1. The zero-order valence-electron chi connectivity index (χ0n) is 19.5. The van der Waals surface area contributed by atoms with Crippen LogP contribution in [0.3, 0.4) is 0 Å². The highest BCUT2D eigenvalue weighted by molar-refractivity contribution is 5.94. The molecule has 4 rings (SSSR count). The van der Waals surface area contributed by atoms with Crippen molar-refractivity contribution in [2.24, 2.45) is 0 Å². The molecule has 4 aromatic rings. The summed E-state index contributed by atoms with van der Waals surface area (Å²) in [5.74, 6) is 2.05. The number of benzene rings is 2. The highest BCUT2D eigenvalue weighted by Gasteiger charge is 2.20. The van der Waals surface area contributed by atoms with Gasteiger partial charge in [-0.3, -0.25) is 14.9 Å². The molecule has 35 heavy (non-hydrogen) atoms. The molecule has 0 aliphatic heterocycles. The number of aromatic nitrogens is 2. The summed E-state index contributed by atoms with van der Waals surface area (Å²) in [4.78, 5) is 23.9. The maximum Gasteiger partial charge on any atom is 0.271 e. The van der Waals surface area contributed by atoms with Gasteiger partial charge in [-0.1, -0.05) is 12.1 Å². The van der Waals surface area contributed by atoms with E-state index in [1.807, 2.05) is 25.1 Å². The van der Waals surface area contributed by atoms with Crippen molar-refractivity contribution in [2.75, 3.05) is 20.8 Å². The molecule has 10 heteroatoms. The number of nitrogens with one attached hydrogen (secondary N) is 1. The van der Waals surface area contributed by atoms with Gasteiger partial charge in [0.2, 0.25) is 0 Å². The standard InChI is InChI=1S/C25H24N4O6/c1-16-7-9-22(35-16)20-15-21(28(27-20)18-5-4-6-19(14-18)29(31)32)25(30)26-12-11-17-8-10-23(33-2)24(13-17)34-3/h4-10,13-15H,11-12H2,1-3H3,(H,26,30). The lowest BCUT2D eigenvalue weighted by Gasteiger charge is -2.11. The van der Waals surface area contributed by atoms with Crippen LogP contribution in [0.1, 0.15) is 21.8 Å². The number of hydrogen-bond acceptors (Lipinski definition) is 7. The molecule has 0 fully saturated rings. The molecule has 0 atom stereocenters. The van der Waals surface area contributed by atoms with Gasteiger partial charge in [0, 0.05) is 24.7 Å². The van der Waals surface area contributed by atoms with Crippen molar-refractivity contribution in [1.29, 1.82) is 0 Å². The summed E-state index contributed by atoms with van der Waals surface area (Å²) in [5.41, 5.74) is 1.91. The number of carbonyl (C=O) groups excluding carboxylic acids is 1. The fourth-order valence-electron chi connectivity index (χ4n) is 3.62. The van der Waals surface area contributed by atoms with Gasteiger partial charge in [-0.15, -0.1) is 0 Å². The smallest absolute Gasteiger partial charge is 0.271 e. The van der Waals surface area contributed by atoms with Crippen LogP contribution in [0.5, 0.6) is 11.5 Å². The Labute approximate surface area is 201 Å². The molecule has 0 unspecified atom stereocenters. The lowest BCUT2D eigenvalue weighted by Crippen LogP contribution is -2.27. The lowest BCUT2D eigenvalue weighted by molar-refractivity contribution is -0.384. The van der Waals surface area contributed by atoms with Crippen molar-refractivity contribution < 1.29 is 23.6 Å². The van der Waals surface area contributed by atoms with Crippen LogP contribution in [-0.4, -0.2) is 41.4 Å². The van der Waals surface area contributed by atoms with Gasteiger partial charge in [0.25, 0.3) is 11.6 Å². The molecule has 1 amide bonds. The van der Waals surface area contributed by atoms with Gasteiger partial charge in [0.05, 0.1) is 24.8 Å². The third-order valence-corrected chi connectivity index (χ3v) is 5.37. The Morgan fingerprint density at radius 2 is 1.89 bits per heavy atom. The molecule has 1 N–H and O–H groups in total. The first kappa shape index (κ1) is 23.6. The number of non-ortho nitro benzene ring substituents is 1. The number of nitro groups is 1. The number of furan rings is 1. The van der Waals surface area contributed by atoms with Gasteiger partial charge in [-0.25, -0.2) is 4.68 Å². The van der Waals surface area contributed by atoms with Crippen LogP contribution in [0, 0.1) is 17.0 Å². The van der Waals surface area contributed by atoms with Crippen molar-refractivity contribution in [3.05, 3.63) is 87.8 Å². The average Bonchev–Trinajstić information content (AvgIpc) is 3.50. The second kappa shape index (κ2) is 10.1. The summed E-state index contributed by atoms with van der Waals surface area (Å²) in [7, 11) is 3.14. The molecule has 10 nitrogen and oxygen atoms in total. The minimum absolute atomic E-state index is 0.104. The Morgan fingerprint density at radius 1 is 1.09 bits per heavy atom. The van der Waals surface area contributed by atoms with Crippen LogP contribution in [0.2, 0.25) is 0 Å². The first-order chi connectivity index (χ1) is 16.9. The first-order valence-corrected chi connectivity index (χ1v) is 10.8. The number of nitro benzene ring substituents is 1. The molecule has 0 radical (unpaired) electrons. The van der Waals surface area contributed by atoms with E-state index in [1.54, 1.807) is 44.6 Å². The Bertz CT molecular complexity index is 1370. The molecule has 0 aliphatic carbocycles. The van der Waals surface area contributed by atoms with Crippen LogP contribution >= 0.6 is 0 Å².